The van der Waals surface area contributed by atoms with Crippen LogP contribution in [-0.4, -0.2) is 58.9 Å². The number of hydrogen-bond acceptors (Lipinski definition) is 6. The van der Waals surface area contributed by atoms with Gasteiger partial charge in [-0.2, -0.15) is 4.31 Å². The van der Waals surface area contributed by atoms with Crippen LogP contribution in [0.15, 0.2) is 59.5 Å². The Balaban J connectivity index is 0.00000189. The SMILES string of the molecule is CC.Cc1ccc(C(c2ccc3c(nnn3C)c2C)C(C)C(=O)O)cc1CN1CCN(C)c2ccccc2S1(=O)=O. The number of fused-ring (bicyclic) bond motifs is 2. The van der Waals surface area contributed by atoms with Gasteiger partial charge in [0.1, 0.15) is 10.4 Å². The number of carbonyl (C=O) groups is 1. The Bertz CT molecular complexity index is 1680. The van der Waals surface area contributed by atoms with Crippen LogP contribution in [0.4, 0.5) is 5.69 Å². The highest BCUT2D eigenvalue weighted by molar-refractivity contribution is 7.89. The predicted octanol–water partition coefficient (Wildman–Crippen LogP) is 5.10. The molecule has 2 heterocycles. The Morgan fingerprint density at radius 3 is 2.44 bits per heavy atom. The maximum atomic E-state index is 13.7. The van der Waals surface area contributed by atoms with Crippen molar-refractivity contribution in [3.8, 4) is 0 Å². The molecule has 3 aromatic carbocycles. The third-order valence-corrected chi connectivity index (χ3v) is 9.85. The van der Waals surface area contributed by atoms with Gasteiger partial charge < -0.3 is 10.0 Å². The van der Waals surface area contributed by atoms with Crippen LogP contribution in [0.1, 0.15) is 54.5 Å². The third-order valence-electron chi connectivity index (χ3n) is 7.96. The van der Waals surface area contributed by atoms with E-state index in [-0.39, 0.29) is 6.54 Å². The van der Waals surface area contributed by atoms with Crippen LogP contribution < -0.4 is 4.90 Å². The molecule has 218 valence electrons. The van der Waals surface area contributed by atoms with Gasteiger partial charge in [0.25, 0.3) is 0 Å². The molecule has 0 aliphatic carbocycles. The van der Waals surface area contributed by atoms with Crippen molar-refractivity contribution < 1.29 is 18.3 Å². The monoisotopic (exact) mass is 577 g/mol. The van der Waals surface area contributed by atoms with Crippen LogP contribution in [0.2, 0.25) is 0 Å². The van der Waals surface area contributed by atoms with Crippen LogP contribution in [0.25, 0.3) is 11.0 Å². The average Bonchev–Trinajstić information content (AvgIpc) is 3.31. The van der Waals surface area contributed by atoms with Gasteiger partial charge in [0.05, 0.1) is 17.1 Å². The minimum absolute atomic E-state index is 0.195. The molecule has 9 nitrogen and oxygen atoms in total. The Morgan fingerprint density at radius 2 is 1.73 bits per heavy atom. The van der Waals surface area contributed by atoms with Crippen molar-refractivity contribution in [2.24, 2.45) is 13.0 Å². The summed E-state index contributed by atoms with van der Waals surface area (Å²) in [6.07, 6.45) is 0. The minimum Gasteiger partial charge on any atom is -0.481 e. The highest BCUT2D eigenvalue weighted by Crippen LogP contribution is 2.38. The van der Waals surface area contributed by atoms with E-state index in [9.17, 15) is 18.3 Å². The van der Waals surface area contributed by atoms with Crippen molar-refractivity contribution in [2.75, 3.05) is 25.0 Å². The Labute approximate surface area is 242 Å². The number of rotatable bonds is 6. The highest BCUT2D eigenvalue weighted by atomic mass is 32.2. The number of carboxylic acids is 1. The largest absolute Gasteiger partial charge is 0.481 e. The van der Waals surface area contributed by atoms with Gasteiger partial charge in [-0.15, -0.1) is 5.10 Å². The lowest BCUT2D eigenvalue weighted by molar-refractivity contribution is -0.141. The summed E-state index contributed by atoms with van der Waals surface area (Å²) in [6, 6.07) is 16.8. The molecule has 1 aliphatic rings. The Kier molecular flexibility index (Phi) is 8.84. The first-order valence-electron chi connectivity index (χ1n) is 13.9. The number of aliphatic carboxylic acids is 1. The Morgan fingerprint density at radius 1 is 1.02 bits per heavy atom. The second kappa shape index (κ2) is 12.0. The molecule has 0 spiro atoms. The summed E-state index contributed by atoms with van der Waals surface area (Å²) in [5.74, 6) is -2.09. The van der Waals surface area contributed by atoms with Gasteiger partial charge in [-0.3, -0.25) is 4.79 Å². The normalized spacial score (nSPS) is 16.3. The molecule has 41 heavy (non-hydrogen) atoms. The second-order valence-electron chi connectivity index (χ2n) is 10.4. The van der Waals surface area contributed by atoms with Crippen molar-refractivity contribution in [3.05, 3.63) is 82.4 Å². The van der Waals surface area contributed by atoms with E-state index in [1.165, 1.54) is 4.31 Å². The first kappa shape index (κ1) is 30.2. The van der Waals surface area contributed by atoms with E-state index < -0.39 is 27.8 Å². The fraction of sp³-hybridized carbons (Fsp3) is 0.387. The fourth-order valence-electron chi connectivity index (χ4n) is 5.51. The molecule has 0 bridgehead atoms. The quantitative estimate of drug-likeness (QED) is 0.339. The number of anilines is 1. The number of benzene rings is 3. The van der Waals surface area contributed by atoms with E-state index in [1.54, 1.807) is 23.7 Å². The number of likely N-dealkylation sites (N-methyl/N-ethyl adjacent to an activating group) is 1. The van der Waals surface area contributed by atoms with Crippen LogP contribution in [-0.2, 0) is 28.4 Å². The number of aromatic nitrogens is 3. The number of aryl methyl sites for hydroxylation is 3. The van der Waals surface area contributed by atoms with Crippen molar-refractivity contribution >= 4 is 32.7 Å². The van der Waals surface area contributed by atoms with E-state index in [4.69, 9.17) is 0 Å². The lowest BCUT2D eigenvalue weighted by Crippen LogP contribution is -2.33. The third kappa shape index (κ3) is 5.58. The lowest BCUT2D eigenvalue weighted by Gasteiger charge is -2.26. The summed E-state index contributed by atoms with van der Waals surface area (Å²) in [5.41, 5.74) is 6.67. The zero-order chi connectivity index (χ0) is 30.1. The minimum atomic E-state index is -3.73. The summed E-state index contributed by atoms with van der Waals surface area (Å²) in [6.45, 7) is 10.7. The van der Waals surface area contributed by atoms with Gasteiger partial charge in [-0.25, -0.2) is 13.1 Å². The maximum absolute atomic E-state index is 13.7. The summed E-state index contributed by atoms with van der Waals surface area (Å²) in [7, 11) is -0.00572. The fourth-order valence-corrected chi connectivity index (χ4v) is 7.15. The summed E-state index contributed by atoms with van der Waals surface area (Å²) in [4.78, 5) is 14.5. The molecule has 5 rings (SSSR count). The van der Waals surface area contributed by atoms with Crippen molar-refractivity contribution in [1.82, 2.24) is 19.3 Å². The molecule has 0 saturated carbocycles. The van der Waals surface area contributed by atoms with Gasteiger partial charge >= 0.3 is 5.97 Å². The topological polar surface area (TPSA) is 109 Å². The van der Waals surface area contributed by atoms with Crippen LogP contribution >= 0.6 is 0 Å². The van der Waals surface area contributed by atoms with E-state index in [1.807, 2.05) is 89.2 Å². The number of hydrogen-bond donors (Lipinski definition) is 1. The van der Waals surface area contributed by atoms with E-state index in [0.29, 0.717) is 23.7 Å². The first-order valence-corrected chi connectivity index (χ1v) is 15.4. The molecular weight excluding hydrogens is 538 g/mol. The zero-order valence-corrected chi connectivity index (χ0v) is 25.6. The molecule has 0 saturated heterocycles. The maximum Gasteiger partial charge on any atom is 0.307 e. The number of para-hydroxylation sites is 1. The molecule has 1 aromatic heterocycles. The van der Waals surface area contributed by atoms with Crippen LogP contribution in [0.3, 0.4) is 0 Å². The van der Waals surface area contributed by atoms with Crippen LogP contribution in [0, 0.1) is 19.8 Å². The zero-order valence-electron chi connectivity index (χ0n) is 24.8. The summed E-state index contributed by atoms with van der Waals surface area (Å²) in [5, 5.41) is 18.5. The summed E-state index contributed by atoms with van der Waals surface area (Å²) < 4.78 is 30.6. The Hall–Kier alpha value is -3.76. The smallest absolute Gasteiger partial charge is 0.307 e. The second-order valence-corrected chi connectivity index (χ2v) is 12.3. The van der Waals surface area contributed by atoms with Crippen molar-refractivity contribution in [3.63, 3.8) is 0 Å². The molecule has 2 atom stereocenters. The van der Waals surface area contributed by atoms with Gasteiger partial charge in [0, 0.05) is 39.6 Å². The van der Waals surface area contributed by atoms with Gasteiger partial charge in [-0.1, -0.05) is 62.4 Å². The lowest BCUT2D eigenvalue weighted by atomic mass is 9.79. The number of nitrogens with zero attached hydrogens (tertiary/aromatic N) is 5. The molecule has 1 N–H and O–H groups in total. The number of carboxylic acid groups (broad SMARTS) is 1. The van der Waals surface area contributed by atoms with Crippen molar-refractivity contribution in [1.29, 1.82) is 0 Å². The summed E-state index contributed by atoms with van der Waals surface area (Å²) >= 11 is 0. The molecular formula is C31H39N5O4S. The molecule has 4 aromatic rings. The van der Waals surface area contributed by atoms with Crippen LogP contribution in [0.5, 0.6) is 0 Å². The standard InChI is InChI=1S/C29H33N5O4S.C2H6/c1-18-10-11-21(27(20(3)29(35)36)23-12-13-25-28(19(23)2)30-31-33(25)5)16-22(18)17-34-15-14-32(4)24-8-6-7-9-26(24)39(34,37)38;1-2/h6-13,16,20,27H,14-15,17H2,1-5H3,(H,35,36);1-2H3. The number of sulfonamides is 1. The first-order chi connectivity index (χ1) is 19.5. The van der Waals surface area contributed by atoms with Crippen molar-refractivity contribution in [2.45, 2.75) is 52.0 Å². The molecule has 0 radical (unpaired) electrons. The van der Waals surface area contributed by atoms with Gasteiger partial charge in [0.2, 0.25) is 10.0 Å². The predicted molar refractivity (Wildman–Crippen MR) is 162 cm³/mol. The molecule has 0 fully saturated rings. The molecule has 0 amide bonds. The molecule has 2 unspecified atom stereocenters. The average molecular weight is 578 g/mol. The molecule has 1 aliphatic heterocycles. The van der Waals surface area contributed by atoms with E-state index in [0.717, 1.165) is 38.9 Å². The van der Waals surface area contributed by atoms with E-state index in [2.05, 4.69) is 10.3 Å². The van der Waals surface area contributed by atoms with Gasteiger partial charge in [-0.05, 0) is 59.9 Å². The highest BCUT2D eigenvalue weighted by Gasteiger charge is 2.33. The van der Waals surface area contributed by atoms with E-state index >= 15 is 0 Å². The molecule has 10 heteroatoms. The van der Waals surface area contributed by atoms with Gasteiger partial charge in [0.15, 0.2) is 0 Å².